The molecular weight excluding hydrogens is 166 g/mol. The van der Waals surface area contributed by atoms with E-state index in [9.17, 15) is 0 Å². The second-order valence-electron chi connectivity index (χ2n) is 1.85. The zero-order chi connectivity index (χ0) is 6.57. The highest BCUT2D eigenvalue weighted by Crippen LogP contribution is 2.09. The second-order valence-corrected chi connectivity index (χ2v) is 2.66. The first-order valence-electron chi connectivity index (χ1n) is 2.41. The first kappa shape index (κ1) is 7.71. The van der Waals surface area contributed by atoms with Crippen LogP contribution in [0.4, 0.5) is 0 Å². The summed E-state index contributed by atoms with van der Waals surface area (Å²) in [5, 5.41) is 0. The summed E-state index contributed by atoms with van der Waals surface area (Å²) in [6.45, 7) is 10.6. The highest BCUT2D eigenvalue weighted by atomic mass is 79.9. The Morgan fingerprint density at radius 3 is 2.38 bits per heavy atom. The fraction of sp³-hybridized carbons (Fsp3) is 0.500. The van der Waals surface area contributed by atoms with Gasteiger partial charge in [-0.3, -0.25) is 0 Å². The molecule has 2 heteroatoms. The Labute approximate surface area is 58.3 Å². The van der Waals surface area contributed by atoms with Crippen LogP contribution in [-0.4, -0.2) is 0 Å². The van der Waals surface area contributed by atoms with Crippen molar-refractivity contribution >= 4 is 15.9 Å². The fourth-order valence-electron chi connectivity index (χ4n) is 0.312. The molecule has 0 unspecified atom stereocenters. The minimum atomic E-state index is 0.457. The number of rotatable bonds is 1. The SMILES string of the molecule is [C-]#[N+]/C(Br)=C/C(C)C. The zero-order valence-corrected chi connectivity index (χ0v) is 6.57. The molecule has 0 saturated carbocycles. The van der Waals surface area contributed by atoms with Gasteiger partial charge < -0.3 is 0 Å². The average Bonchev–Trinajstić information content (AvgIpc) is 1.65. The topological polar surface area (TPSA) is 4.36 Å². The largest absolute Gasteiger partial charge is 0.231 e. The van der Waals surface area contributed by atoms with E-state index in [4.69, 9.17) is 6.57 Å². The summed E-state index contributed by atoms with van der Waals surface area (Å²) in [6, 6.07) is 0. The van der Waals surface area contributed by atoms with Crippen LogP contribution in [0.3, 0.4) is 0 Å². The number of halogens is 1. The third-order valence-electron chi connectivity index (χ3n) is 0.578. The zero-order valence-electron chi connectivity index (χ0n) is 4.98. The summed E-state index contributed by atoms with van der Waals surface area (Å²) in [6.07, 6.45) is 1.87. The van der Waals surface area contributed by atoms with Crippen molar-refractivity contribution in [3.05, 3.63) is 22.1 Å². The van der Waals surface area contributed by atoms with E-state index in [0.29, 0.717) is 10.5 Å². The molecule has 0 radical (unpaired) electrons. The van der Waals surface area contributed by atoms with E-state index < -0.39 is 0 Å². The molecule has 0 bridgehead atoms. The van der Waals surface area contributed by atoms with Crippen LogP contribution in [0.25, 0.3) is 4.85 Å². The van der Waals surface area contributed by atoms with Crippen LogP contribution in [0.1, 0.15) is 13.8 Å². The Bertz CT molecular complexity index is 130. The van der Waals surface area contributed by atoms with Gasteiger partial charge in [0, 0.05) is 0 Å². The van der Waals surface area contributed by atoms with E-state index in [1.165, 1.54) is 0 Å². The van der Waals surface area contributed by atoms with Crippen molar-refractivity contribution in [1.29, 1.82) is 0 Å². The standard InChI is InChI=1S/C6H8BrN/c1-5(2)4-6(7)8-3/h4-5H,1-2H3/b6-4+. The molecule has 0 rings (SSSR count). The van der Waals surface area contributed by atoms with Crippen molar-refractivity contribution in [1.82, 2.24) is 0 Å². The van der Waals surface area contributed by atoms with Gasteiger partial charge in [0.2, 0.25) is 4.61 Å². The lowest BCUT2D eigenvalue weighted by Crippen LogP contribution is -1.76. The van der Waals surface area contributed by atoms with Crippen LogP contribution in [0.15, 0.2) is 10.7 Å². The lowest BCUT2D eigenvalue weighted by molar-refractivity contribution is 0.831. The lowest BCUT2D eigenvalue weighted by Gasteiger charge is -1.90. The lowest BCUT2D eigenvalue weighted by atomic mass is 10.2. The van der Waals surface area contributed by atoms with Crippen LogP contribution >= 0.6 is 15.9 Å². The van der Waals surface area contributed by atoms with Gasteiger partial charge in [-0.2, -0.15) is 0 Å². The number of allylic oxidation sites excluding steroid dienone is 1. The van der Waals surface area contributed by atoms with Gasteiger partial charge in [-0.15, -0.1) is 0 Å². The first-order valence-corrected chi connectivity index (χ1v) is 3.21. The third kappa shape index (κ3) is 3.89. The van der Waals surface area contributed by atoms with Crippen LogP contribution in [0.2, 0.25) is 0 Å². The molecule has 0 aliphatic carbocycles. The maximum Gasteiger partial charge on any atom is 0.224 e. The van der Waals surface area contributed by atoms with Crippen LogP contribution < -0.4 is 0 Å². The van der Waals surface area contributed by atoms with Crippen molar-refractivity contribution in [3.8, 4) is 0 Å². The average molecular weight is 174 g/mol. The van der Waals surface area contributed by atoms with Crippen molar-refractivity contribution in [2.24, 2.45) is 5.92 Å². The highest BCUT2D eigenvalue weighted by molar-refractivity contribution is 9.11. The molecule has 0 aliphatic heterocycles. The molecule has 0 aromatic heterocycles. The normalized spacial score (nSPS) is 11.6. The summed E-state index contributed by atoms with van der Waals surface area (Å²) in [5.41, 5.74) is 0. The fourth-order valence-corrected chi connectivity index (χ4v) is 0.841. The van der Waals surface area contributed by atoms with E-state index >= 15 is 0 Å². The summed E-state index contributed by atoms with van der Waals surface area (Å²) in [7, 11) is 0. The van der Waals surface area contributed by atoms with Gasteiger partial charge in [-0.05, 0) is 5.92 Å². The molecule has 0 N–H and O–H groups in total. The monoisotopic (exact) mass is 173 g/mol. The van der Waals surface area contributed by atoms with Gasteiger partial charge in [-0.25, -0.2) is 4.85 Å². The Hall–Kier alpha value is -0.290. The highest BCUT2D eigenvalue weighted by Gasteiger charge is 1.88. The molecule has 0 aromatic rings. The third-order valence-corrected chi connectivity index (χ3v) is 1.02. The molecule has 0 aliphatic rings. The molecule has 44 valence electrons. The van der Waals surface area contributed by atoms with E-state index in [0.717, 1.165) is 0 Å². The van der Waals surface area contributed by atoms with Crippen molar-refractivity contribution < 1.29 is 0 Å². The summed E-state index contributed by atoms with van der Waals surface area (Å²) in [4.78, 5) is 3.16. The van der Waals surface area contributed by atoms with Gasteiger partial charge in [0.15, 0.2) is 0 Å². The van der Waals surface area contributed by atoms with Crippen LogP contribution in [0, 0.1) is 12.5 Å². The maximum atomic E-state index is 6.51. The smallest absolute Gasteiger partial charge is 0.224 e. The van der Waals surface area contributed by atoms with Crippen molar-refractivity contribution in [2.45, 2.75) is 13.8 Å². The van der Waals surface area contributed by atoms with Crippen LogP contribution in [-0.2, 0) is 0 Å². The van der Waals surface area contributed by atoms with Gasteiger partial charge in [0.1, 0.15) is 0 Å². The molecule has 0 heterocycles. The number of hydrogen-bond acceptors (Lipinski definition) is 0. The molecule has 1 nitrogen and oxygen atoms in total. The molecule has 0 atom stereocenters. The first-order chi connectivity index (χ1) is 3.66. The predicted octanol–water partition coefficient (Wildman–Crippen LogP) is 2.80. The van der Waals surface area contributed by atoms with E-state index in [1.807, 2.05) is 19.9 Å². The van der Waals surface area contributed by atoms with E-state index in [1.54, 1.807) is 0 Å². The van der Waals surface area contributed by atoms with Crippen molar-refractivity contribution in [2.75, 3.05) is 0 Å². The molecular formula is C6H8BrN. The summed E-state index contributed by atoms with van der Waals surface area (Å²) in [5.74, 6) is 0.457. The summed E-state index contributed by atoms with van der Waals surface area (Å²) >= 11 is 3.08. The molecule has 8 heavy (non-hydrogen) atoms. The van der Waals surface area contributed by atoms with E-state index in [2.05, 4.69) is 20.8 Å². The Kier molecular flexibility index (Phi) is 3.55. The molecule has 0 amide bonds. The van der Waals surface area contributed by atoms with Gasteiger partial charge in [0.25, 0.3) is 0 Å². The number of nitrogens with zero attached hydrogens (tertiary/aromatic N) is 1. The predicted molar refractivity (Wildman–Crippen MR) is 38.5 cm³/mol. The Balaban J connectivity index is 3.80. The molecule has 0 spiro atoms. The van der Waals surface area contributed by atoms with Crippen molar-refractivity contribution in [3.63, 3.8) is 0 Å². The second kappa shape index (κ2) is 3.68. The van der Waals surface area contributed by atoms with Gasteiger partial charge >= 0.3 is 0 Å². The molecule has 0 fully saturated rings. The minimum Gasteiger partial charge on any atom is -0.231 e. The van der Waals surface area contributed by atoms with Gasteiger partial charge in [-0.1, -0.05) is 35.9 Å². The number of hydrogen-bond donors (Lipinski definition) is 0. The van der Waals surface area contributed by atoms with Crippen LogP contribution in [0.5, 0.6) is 0 Å². The Morgan fingerprint density at radius 2 is 2.25 bits per heavy atom. The van der Waals surface area contributed by atoms with Gasteiger partial charge in [0.05, 0.1) is 6.57 Å². The minimum absolute atomic E-state index is 0.457. The molecule has 0 saturated heterocycles. The molecule has 0 aromatic carbocycles. The maximum absolute atomic E-state index is 6.51. The van der Waals surface area contributed by atoms with E-state index in [-0.39, 0.29) is 0 Å². The quantitative estimate of drug-likeness (QED) is 0.425. The Morgan fingerprint density at radius 1 is 1.75 bits per heavy atom. The summed E-state index contributed by atoms with van der Waals surface area (Å²) < 4.78 is 0.604.